The maximum absolute atomic E-state index is 13.2. The van der Waals surface area contributed by atoms with Crippen LogP contribution >= 0.6 is 0 Å². The van der Waals surface area contributed by atoms with Crippen molar-refractivity contribution in [2.24, 2.45) is 5.41 Å². The van der Waals surface area contributed by atoms with Gasteiger partial charge in [-0.3, -0.25) is 0 Å². The molecule has 0 heterocycles. The lowest BCUT2D eigenvalue weighted by Crippen LogP contribution is -2.17. The Kier molecular flexibility index (Phi) is 3.06. The Labute approximate surface area is 101 Å². The number of nitrogens with zero attached hydrogens (tertiary/aromatic N) is 1. The summed E-state index contributed by atoms with van der Waals surface area (Å²) in [6, 6.07) is 6.76. The highest BCUT2D eigenvalue weighted by atomic mass is 19.1. The van der Waals surface area contributed by atoms with E-state index in [1.807, 2.05) is 6.07 Å². The third-order valence-corrected chi connectivity index (χ3v) is 3.37. The summed E-state index contributed by atoms with van der Waals surface area (Å²) in [5.41, 5.74) is 1.44. The van der Waals surface area contributed by atoms with E-state index in [0.717, 1.165) is 12.8 Å². The van der Waals surface area contributed by atoms with Crippen LogP contribution in [0.3, 0.4) is 0 Å². The van der Waals surface area contributed by atoms with E-state index in [1.54, 1.807) is 6.07 Å². The van der Waals surface area contributed by atoms with Crippen LogP contribution in [0.5, 0.6) is 0 Å². The second-order valence-electron chi connectivity index (χ2n) is 5.59. The van der Waals surface area contributed by atoms with Gasteiger partial charge in [-0.2, -0.15) is 5.26 Å². The van der Waals surface area contributed by atoms with Gasteiger partial charge in [0.15, 0.2) is 0 Å². The van der Waals surface area contributed by atoms with E-state index in [4.69, 9.17) is 5.26 Å². The highest BCUT2D eigenvalue weighted by Gasteiger charge is 2.30. The van der Waals surface area contributed by atoms with Crippen molar-refractivity contribution in [1.82, 2.24) is 0 Å². The molecule has 0 amide bonds. The number of nitrogens with one attached hydrogen (secondary N) is 1. The first-order chi connectivity index (χ1) is 7.98. The van der Waals surface area contributed by atoms with Crippen LogP contribution in [0.4, 0.5) is 10.1 Å². The summed E-state index contributed by atoms with van der Waals surface area (Å²) in [7, 11) is 0. The monoisotopic (exact) mass is 232 g/mol. The molecule has 1 unspecified atom stereocenters. The van der Waals surface area contributed by atoms with Crippen LogP contribution in [0.1, 0.15) is 38.7 Å². The molecule has 17 heavy (non-hydrogen) atoms. The van der Waals surface area contributed by atoms with Gasteiger partial charge in [0.2, 0.25) is 0 Å². The van der Waals surface area contributed by atoms with Gasteiger partial charge < -0.3 is 5.32 Å². The number of anilines is 1. The molecule has 0 bridgehead atoms. The summed E-state index contributed by atoms with van der Waals surface area (Å²) in [5, 5.41) is 12.1. The zero-order valence-corrected chi connectivity index (χ0v) is 10.3. The average Bonchev–Trinajstić information content (AvgIpc) is 2.57. The molecule has 0 aliphatic heterocycles. The zero-order chi connectivity index (χ0) is 12.5. The van der Waals surface area contributed by atoms with Crippen molar-refractivity contribution in [3.8, 4) is 6.07 Å². The van der Waals surface area contributed by atoms with E-state index in [9.17, 15) is 4.39 Å². The summed E-state index contributed by atoms with van der Waals surface area (Å²) in [6.45, 7) is 4.50. The lowest BCUT2D eigenvalue weighted by atomic mass is 9.92. The molecule has 2 rings (SSSR count). The maximum Gasteiger partial charge on any atom is 0.126 e. The minimum atomic E-state index is -0.358. The minimum Gasteiger partial charge on any atom is -0.382 e. The fourth-order valence-electron chi connectivity index (χ4n) is 2.53. The van der Waals surface area contributed by atoms with Crippen LogP contribution in [0, 0.1) is 22.6 Å². The van der Waals surface area contributed by atoms with Crippen molar-refractivity contribution in [1.29, 1.82) is 5.26 Å². The third-order valence-electron chi connectivity index (χ3n) is 3.37. The summed E-state index contributed by atoms with van der Waals surface area (Å²) in [5.74, 6) is -0.358. The Morgan fingerprint density at radius 3 is 2.76 bits per heavy atom. The molecule has 2 nitrogen and oxygen atoms in total. The van der Waals surface area contributed by atoms with Crippen molar-refractivity contribution < 1.29 is 4.39 Å². The summed E-state index contributed by atoms with van der Waals surface area (Å²) < 4.78 is 13.2. The molecule has 1 fully saturated rings. The fourth-order valence-corrected chi connectivity index (χ4v) is 2.53. The molecule has 1 atom stereocenters. The Balaban J connectivity index is 2.10. The molecule has 3 heteroatoms. The molecule has 90 valence electrons. The van der Waals surface area contributed by atoms with Crippen LogP contribution in [-0.2, 0) is 0 Å². The predicted molar refractivity (Wildman–Crippen MR) is 66.2 cm³/mol. The largest absolute Gasteiger partial charge is 0.382 e. The third kappa shape index (κ3) is 2.97. The summed E-state index contributed by atoms with van der Waals surface area (Å²) in [6.07, 6.45) is 3.38. The van der Waals surface area contributed by atoms with Crippen LogP contribution in [0.15, 0.2) is 18.2 Å². The standard InChI is InChI=1S/C14H17FN2/c1-14(2)4-3-12(8-14)17-13-6-10(9-16)5-11(15)7-13/h5-7,12,17H,3-4,8H2,1-2H3. The van der Waals surface area contributed by atoms with E-state index in [2.05, 4.69) is 19.2 Å². The summed E-state index contributed by atoms with van der Waals surface area (Å²) in [4.78, 5) is 0. The molecular formula is C14H17FN2. The van der Waals surface area contributed by atoms with Gasteiger partial charge in [-0.1, -0.05) is 13.8 Å². The van der Waals surface area contributed by atoms with Crippen molar-refractivity contribution in [2.75, 3.05) is 5.32 Å². The number of halogens is 1. The van der Waals surface area contributed by atoms with E-state index >= 15 is 0 Å². The normalized spacial score (nSPS) is 22.1. The number of hydrogen-bond acceptors (Lipinski definition) is 2. The SMILES string of the molecule is CC1(C)CCC(Nc2cc(F)cc(C#N)c2)C1. The first-order valence-corrected chi connectivity index (χ1v) is 5.96. The second-order valence-corrected chi connectivity index (χ2v) is 5.59. The van der Waals surface area contributed by atoms with Crippen molar-refractivity contribution in [3.63, 3.8) is 0 Å². The van der Waals surface area contributed by atoms with Crippen molar-refractivity contribution in [2.45, 2.75) is 39.2 Å². The highest BCUT2D eigenvalue weighted by Crippen LogP contribution is 2.38. The number of rotatable bonds is 2. The first-order valence-electron chi connectivity index (χ1n) is 5.96. The average molecular weight is 232 g/mol. The number of nitriles is 1. The lowest BCUT2D eigenvalue weighted by molar-refractivity contribution is 0.378. The van der Waals surface area contributed by atoms with E-state index in [1.165, 1.54) is 18.6 Å². The highest BCUT2D eigenvalue weighted by molar-refractivity contribution is 5.50. The lowest BCUT2D eigenvalue weighted by Gasteiger charge is -2.18. The molecule has 1 aliphatic rings. The number of hydrogen-bond donors (Lipinski definition) is 1. The molecule has 1 aliphatic carbocycles. The van der Waals surface area contributed by atoms with Gasteiger partial charge in [0.1, 0.15) is 5.82 Å². The van der Waals surface area contributed by atoms with Crippen molar-refractivity contribution in [3.05, 3.63) is 29.6 Å². The van der Waals surface area contributed by atoms with Gasteiger partial charge in [0.25, 0.3) is 0 Å². The Hall–Kier alpha value is -1.56. The first kappa shape index (κ1) is 11.9. The zero-order valence-electron chi connectivity index (χ0n) is 10.3. The number of benzene rings is 1. The predicted octanol–water partition coefficient (Wildman–Crippen LogP) is 3.69. The van der Waals surface area contributed by atoms with Gasteiger partial charge in [-0.25, -0.2) is 4.39 Å². The Morgan fingerprint density at radius 2 is 2.18 bits per heavy atom. The molecule has 1 aromatic rings. The minimum absolute atomic E-state index is 0.358. The quantitative estimate of drug-likeness (QED) is 0.844. The topological polar surface area (TPSA) is 35.8 Å². The molecular weight excluding hydrogens is 215 g/mol. The molecule has 1 saturated carbocycles. The van der Waals surface area contributed by atoms with E-state index in [0.29, 0.717) is 22.7 Å². The summed E-state index contributed by atoms with van der Waals surface area (Å²) >= 11 is 0. The van der Waals surface area contributed by atoms with Gasteiger partial charge in [0, 0.05) is 11.7 Å². The van der Waals surface area contributed by atoms with E-state index < -0.39 is 0 Å². The Bertz CT molecular complexity index is 460. The van der Waals surface area contributed by atoms with Crippen LogP contribution < -0.4 is 5.32 Å². The maximum atomic E-state index is 13.2. The van der Waals surface area contributed by atoms with Gasteiger partial charge in [-0.05, 0) is 42.9 Å². The molecule has 1 N–H and O–H groups in total. The van der Waals surface area contributed by atoms with E-state index in [-0.39, 0.29) is 5.82 Å². The molecule has 0 spiro atoms. The van der Waals surface area contributed by atoms with Crippen molar-refractivity contribution >= 4 is 5.69 Å². The van der Waals surface area contributed by atoms with Gasteiger partial charge >= 0.3 is 0 Å². The smallest absolute Gasteiger partial charge is 0.126 e. The Morgan fingerprint density at radius 1 is 1.41 bits per heavy atom. The fraction of sp³-hybridized carbons (Fsp3) is 0.500. The van der Waals surface area contributed by atoms with Crippen LogP contribution in [0.25, 0.3) is 0 Å². The van der Waals surface area contributed by atoms with Gasteiger partial charge in [0.05, 0.1) is 11.6 Å². The second kappa shape index (κ2) is 4.37. The van der Waals surface area contributed by atoms with Gasteiger partial charge in [-0.15, -0.1) is 0 Å². The molecule has 0 saturated heterocycles. The van der Waals surface area contributed by atoms with Crippen LogP contribution in [0.2, 0.25) is 0 Å². The molecule has 0 radical (unpaired) electrons. The molecule has 0 aromatic heterocycles. The van der Waals surface area contributed by atoms with Crippen LogP contribution in [-0.4, -0.2) is 6.04 Å². The molecule has 1 aromatic carbocycles.